The van der Waals surface area contributed by atoms with E-state index in [4.69, 9.17) is 5.11 Å². The molecule has 1 aromatic rings. The van der Waals surface area contributed by atoms with E-state index in [-0.39, 0.29) is 17.4 Å². The Labute approximate surface area is 124 Å². The first-order valence-corrected chi connectivity index (χ1v) is 7.65. The fraction of sp³-hybridized carbons (Fsp3) is 0.529. The second-order valence-corrected chi connectivity index (χ2v) is 6.33. The Hall–Kier alpha value is -1.84. The summed E-state index contributed by atoms with van der Waals surface area (Å²) in [6.45, 7) is 0.550. The van der Waals surface area contributed by atoms with Crippen molar-refractivity contribution in [2.24, 2.45) is 17.8 Å². The minimum Gasteiger partial charge on any atom is -0.478 e. The molecule has 2 aliphatic carbocycles. The van der Waals surface area contributed by atoms with Crippen molar-refractivity contribution in [3.05, 3.63) is 35.4 Å². The van der Waals surface area contributed by atoms with E-state index in [0.29, 0.717) is 18.4 Å². The van der Waals surface area contributed by atoms with Crippen molar-refractivity contribution in [1.82, 2.24) is 4.90 Å². The highest BCUT2D eigenvalue weighted by atomic mass is 16.4. The summed E-state index contributed by atoms with van der Waals surface area (Å²) in [6.07, 6.45) is 4.96. The first-order chi connectivity index (χ1) is 10.1. The van der Waals surface area contributed by atoms with Gasteiger partial charge in [0.25, 0.3) is 0 Å². The van der Waals surface area contributed by atoms with Gasteiger partial charge in [-0.15, -0.1) is 0 Å². The monoisotopic (exact) mass is 287 g/mol. The predicted molar refractivity (Wildman–Crippen MR) is 78.8 cm³/mol. The third-order valence-corrected chi connectivity index (χ3v) is 4.94. The molecule has 4 heteroatoms. The van der Waals surface area contributed by atoms with Gasteiger partial charge < -0.3 is 10.0 Å². The SMILES string of the molecule is CN(Cc1ccc(C(=O)O)cc1)C(=O)C1C2CCCCC21. The Bertz CT molecular complexity index is 540. The van der Waals surface area contributed by atoms with Gasteiger partial charge in [0.05, 0.1) is 5.56 Å². The van der Waals surface area contributed by atoms with Crippen molar-refractivity contribution in [2.45, 2.75) is 32.2 Å². The van der Waals surface area contributed by atoms with Crippen molar-refractivity contribution in [2.75, 3.05) is 7.05 Å². The fourth-order valence-electron chi connectivity index (χ4n) is 3.72. The molecular formula is C17H21NO3. The molecule has 0 saturated heterocycles. The van der Waals surface area contributed by atoms with E-state index in [1.807, 2.05) is 7.05 Å². The molecule has 112 valence electrons. The molecule has 4 nitrogen and oxygen atoms in total. The van der Waals surface area contributed by atoms with Crippen molar-refractivity contribution in [1.29, 1.82) is 0 Å². The Morgan fingerprint density at radius 3 is 2.24 bits per heavy atom. The van der Waals surface area contributed by atoms with E-state index in [2.05, 4.69) is 0 Å². The summed E-state index contributed by atoms with van der Waals surface area (Å²) in [5.74, 6) is 0.837. The summed E-state index contributed by atoms with van der Waals surface area (Å²) in [4.78, 5) is 25.1. The molecule has 0 heterocycles. The number of fused-ring (bicyclic) bond motifs is 1. The number of nitrogens with zero attached hydrogens (tertiary/aromatic N) is 1. The Morgan fingerprint density at radius 2 is 1.71 bits per heavy atom. The van der Waals surface area contributed by atoms with Crippen molar-refractivity contribution in [3.8, 4) is 0 Å². The van der Waals surface area contributed by atoms with Crippen LogP contribution in [-0.2, 0) is 11.3 Å². The lowest BCUT2D eigenvalue weighted by Crippen LogP contribution is -2.28. The van der Waals surface area contributed by atoms with Gasteiger partial charge in [-0.05, 0) is 42.4 Å². The first-order valence-electron chi connectivity index (χ1n) is 7.65. The lowest BCUT2D eigenvalue weighted by molar-refractivity contribution is -0.132. The maximum Gasteiger partial charge on any atom is 0.335 e. The first kappa shape index (κ1) is 14.1. The number of carboxylic acid groups (broad SMARTS) is 1. The minimum atomic E-state index is -0.923. The largest absolute Gasteiger partial charge is 0.478 e. The molecule has 1 amide bonds. The molecule has 0 radical (unpaired) electrons. The van der Waals surface area contributed by atoms with Crippen LogP contribution in [0.15, 0.2) is 24.3 Å². The Morgan fingerprint density at radius 1 is 1.14 bits per heavy atom. The van der Waals surface area contributed by atoms with E-state index in [0.717, 1.165) is 5.56 Å². The van der Waals surface area contributed by atoms with Crippen LogP contribution in [0.2, 0.25) is 0 Å². The minimum absolute atomic E-state index is 0.246. The van der Waals surface area contributed by atoms with E-state index in [1.165, 1.54) is 25.7 Å². The van der Waals surface area contributed by atoms with Crippen LogP contribution in [0.3, 0.4) is 0 Å². The van der Waals surface area contributed by atoms with Gasteiger partial charge in [-0.1, -0.05) is 25.0 Å². The molecule has 2 saturated carbocycles. The van der Waals surface area contributed by atoms with Crippen molar-refractivity contribution >= 4 is 11.9 Å². The number of hydrogen-bond donors (Lipinski definition) is 1. The van der Waals surface area contributed by atoms with Gasteiger partial charge in [0, 0.05) is 19.5 Å². The van der Waals surface area contributed by atoms with Crippen LogP contribution in [0.5, 0.6) is 0 Å². The van der Waals surface area contributed by atoms with E-state index < -0.39 is 5.97 Å². The third kappa shape index (κ3) is 2.80. The van der Waals surface area contributed by atoms with Gasteiger partial charge in [0.15, 0.2) is 0 Å². The maximum absolute atomic E-state index is 12.5. The summed E-state index contributed by atoms with van der Waals surface area (Å²) in [5, 5.41) is 8.88. The molecule has 0 bridgehead atoms. The van der Waals surface area contributed by atoms with Crippen LogP contribution in [0.1, 0.15) is 41.6 Å². The van der Waals surface area contributed by atoms with Crippen LogP contribution >= 0.6 is 0 Å². The molecule has 1 aromatic carbocycles. The zero-order valence-corrected chi connectivity index (χ0v) is 12.3. The number of carbonyl (C=O) groups excluding carboxylic acids is 1. The van der Waals surface area contributed by atoms with Gasteiger partial charge >= 0.3 is 5.97 Å². The topological polar surface area (TPSA) is 57.6 Å². The molecule has 2 atom stereocenters. The summed E-state index contributed by atoms with van der Waals surface area (Å²) >= 11 is 0. The number of hydrogen-bond acceptors (Lipinski definition) is 2. The third-order valence-electron chi connectivity index (χ3n) is 4.94. The molecular weight excluding hydrogens is 266 g/mol. The number of carboxylic acids is 1. The Kier molecular flexibility index (Phi) is 3.70. The van der Waals surface area contributed by atoms with Gasteiger partial charge in [-0.3, -0.25) is 4.79 Å². The zero-order chi connectivity index (χ0) is 15.0. The predicted octanol–water partition coefficient (Wildman–Crippen LogP) is 2.78. The smallest absolute Gasteiger partial charge is 0.335 e. The molecule has 0 spiro atoms. The normalized spacial score (nSPS) is 26.8. The number of rotatable bonds is 4. The highest BCUT2D eigenvalue weighted by Crippen LogP contribution is 2.56. The molecule has 2 unspecified atom stereocenters. The van der Waals surface area contributed by atoms with Gasteiger partial charge in [-0.2, -0.15) is 0 Å². The van der Waals surface area contributed by atoms with Crippen molar-refractivity contribution in [3.63, 3.8) is 0 Å². The van der Waals surface area contributed by atoms with E-state index >= 15 is 0 Å². The van der Waals surface area contributed by atoms with Crippen molar-refractivity contribution < 1.29 is 14.7 Å². The van der Waals surface area contributed by atoms with Crippen LogP contribution < -0.4 is 0 Å². The number of amides is 1. The van der Waals surface area contributed by atoms with Crippen LogP contribution in [0.25, 0.3) is 0 Å². The molecule has 0 aliphatic heterocycles. The van der Waals surface area contributed by atoms with Gasteiger partial charge in [0.2, 0.25) is 5.91 Å². The van der Waals surface area contributed by atoms with Gasteiger partial charge in [-0.25, -0.2) is 4.79 Å². The quantitative estimate of drug-likeness (QED) is 0.926. The molecule has 21 heavy (non-hydrogen) atoms. The lowest BCUT2D eigenvalue weighted by atomic mass is 10.0. The lowest BCUT2D eigenvalue weighted by Gasteiger charge is -2.17. The molecule has 0 aromatic heterocycles. The fourth-order valence-corrected chi connectivity index (χ4v) is 3.72. The molecule has 1 N–H and O–H groups in total. The van der Waals surface area contributed by atoms with Crippen LogP contribution in [-0.4, -0.2) is 28.9 Å². The number of benzene rings is 1. The summed E-state index contributed by atoms with van der Waals surface area (Å²) in [7, 11) is 1.85. The molecule has 2 fully saturated rings. The van der Waals surface area contributed by atoms with E-state index in [9.17, 15) is 9.59 Å². The highest BCUT2D eigenvalue weighted by Gasteiger charge is 2.55. The summed E-state index contributed by atoms with van der Waals surface area (Å²) in [5.41, 5.74) is 1.25. The van der Waals surface area contributed by atoms with Gasteiger partial charge in [0.1, 0.15) is 0 Å². The standard InChI is InChI=1S/C17H21NO3/c1-18(10-11-6-8-12(9-7-11)17(20)21)16(19)15-13-4-2-3-5-14(13)15/h6-9,13-15H,2-5,10H2,1H3,(H,20,21). The van der Waals surface area contributed by atoms with Crippen LogP contribution in [0, 0.1) is 17.8 Å². The average Bonchev–Trinajstić information content (AvgIpc) is 3.21. The highest BCUT2D eigenvalue weighted by molar-refractivity contribution is 5.87. The second-order valence-electron chi connectivity index (χ2n) is 6.33. The molecule has 3 rings (SSSR count). The maximum atomic E-state index is 12.5. The summed E-state index contributed by atoms with van der Waals surface area (Å²) in [6, 6.07) is 6.75. The number of carbonyl (C=O) groups is 2. The Balaban J connectivity index is 1.59. The molecule has 2 aliphatic rings. The summed E-state index contributed by atoms with van der Waals surface area (Å²) < 4.78 is 0. The zero-order valence-electron chi connectivity index (χ0n) is 12.3. The number of aromatic carboxylic acids is 1. The average molecular weight is 287 g/mol. The van der Waals surface area contributed by atoms with Crippen LogP contribution in [0.4, 0.5) is 0 Å². The van der Waals surface area contributed by atoms with E-state index in [1.54, 1.807) is 29.2 Å². The second kappa shape index (κ2) is 5.51.